The number of aliphatic hydroxyl groups excluding tert-OH is 3. The maximum atomic E-state index is 12.7. The summed E-state index contributed by atoms with van der Waals surface area (Å²) in [5.74, 6) is -1.97. The van der Waals surface area contributed by atoms with Crippen molar-refractivity contribution in [1.29, 1.82) is 0 Å². The summed E-state index contributed by atoms with van der Waals surface area (Å²) in [6.07, 6.45) is 23.1. The Kier molecular flexibility index (Phi) is 31.6. The van der Waals surface area contributed by atoms with Crippen molar-refractivity contribution < 1.29 is 56.8 Å². The van der Waals surface area contributed by atoms with Crippen molar-refractivity contribution in [3.8, 4) is 0 Å². The van der Waals surface area contributed by atoms with Gasteiger partial charge in [0.05, 0.1) is 6.61 Å². The summed E-state index contributed by atoms with van der Waals surface area (Å²) >= 11 is 0. The topological polar surface area (TPSA) is 186 Å². The highest BCUT2D eigenvalue weighted by Crippen LogP contribution is 2.24. The summed E-state index contributed by atoms with van der Waals surface area (Å²) in [6.45, 7) is 3.74. The first-order chi connectivity index (χ1) is 26.5. The van der Waals surface area contributed by atoms with Gasteiger partial charge in [0.15, 0.2) is 12.4 Å². The Labute approximate surface area is 333 Å². The lowest BCUT2D eigenvalue weighted by atomic mass is 10.00. The number of hydrogen-bond donors (Lipinski definition) is 4. The van der Waals surface area contributed by atoms with Crippen LogP contribution in [0.2, 0.25) is 0 Å². The molecule has 1 aliphatic rings. The van der Waals surface area contributed by atoms with E-state index < -0.39 is 71.2 Å². The number of aliphatic hydroxyl groups is 3. The molecule has 0 aliphatic carbocycles. The van der Waals surface area contributed by atoms with Crippen LogP contribution in [0.15, 0.2) is 0 Å². The molecule has 0 aromatic rings. The predicted octanol–water partition coefficient (Wildman–Crippen LogP) is 8.51. The molecule has 12 nitrogen and oxygen atoms in total. The van der Waals surface area contributed by atoms with Crippen LogP contribution in [0, 0.1) is 0 Å². The van der Waals surface area contributed by atoms with Gasteiger partial charge in [-0.2, -0.15) is 8.42 Å². The molecule has 4 N–H and O–H groups in total. The van der Waals surface area contributed by atoms with Gasteiger partial charge in [-0.25, -0.2) is 0 Å². The van der Waals surface area contributed by atoms with E-state index in [9.17, 15) is 37.9 Å². The first-order valence-electron chi connectivity index (χ1n) is 22.1. The maximum Gasteiger partial charge on any atom is 0.306 e. The summed E-state index contributed by atoms with van der Waals surface area (Å²) in [5, 5.41) is 30.8. The van der Waals surface area contributed by atoms with E-state index in [0.29, 0.717) is 12.8 Å². The molecule has 6 atom stereocenters. The fourth-order valence-corrected chi connectivity index (χ4v) is 7.66. The van der Waals surface area contributed by atoms with Crippen LogP contribution in [-0.4, -0.2) is 96.0 Å². The van der Waals surface area contributed by atoms with Crippen LogP contribution >= 0.6 is 0 Å². The molecule has 1 aliphatic heterocycles. The van der Waals surface area contributed by atoms with E-state index in [1.807, 2.05) is 0 Å². The number of hydrogen-bond acceptors (Lipinski definition) is 11. The SMILES string of the molecule is CCCCCCCCCCCCCCCCCCCCC(=O)OC[C@H](CO[C@H]1O[C@H](CS(=O)(=O)O)[C@@H](O)C(O)C1O)OC(=O)CCCCCCCCCCC. The minimum absolute atomic E-state index is 0.170. The van der Waals surface area contributed by atoms with Gasteiger partial charge in [0.25, 0.3) is 10.1 Å². The van der Waals surface area contributed by atoms with Crippen LogP contribution in [0.25, 0.3) is 0 Å². The van der Waals surface area contributed by atoms with Crippen molar-refractivity contribution in [2.24, 2.45) is 0 Å². The zero-order valence-electron chi connectivity index (χ0n) is 34.6. The summed E-state index contributed by atoms with van der Waals surface area (Å²) < 4.78 is 53.9. The van der Waals surface area contributed by atoms with E-state index in [0.717, 1.165) is 38.5 Å². The van der Waals surface area contributed by atoms with Crippen LogP contribution < -0.4 is 0 Å². The van der Waals surface area contributed by atoms with Crippen molar-refractivity contribution in [3.05, 3.63) is 0 Å². The van der Waals surface area contributed by atoms with Crippen LogP contribution in [0.1, 0.15) is 200 Å². The van der Waals surface area contributed by atoms with E-state index in [4.69, 9.17) is 18.9 Å². The van der Waals surface area contributed by atoms with Gasteiger partial charge in [-0.05, 0) is 12.8 Å². The second-order valence-electron chi connectivity index (χ2n) is 15.7. The Hall–Kier alpha value is -1.35. The van der Waals surface area contributed by atoms with Gasteiger partial charge < -0.3 is 34.3 Å². The minimum Gasteiger partial charge on any atom is -0.462 e. The second-order valence-corrected chi connectivity index (χ2v) is 17.2. The molecule has 0 bridgehead atoms. The molecule has 1 fully saturated rings. The smallest absolute Gasteiger partial charge is 0.306 e. The number of ether oxygens (including phenoxy) is 4. The Balaban J connectivity index is 2.38. The summed E-state index contributed by atoms with van der Waals surface area (Å²) in [5.41, 5.74) is 0. The summed E-state index contributed by atoms with van der Waals surface area (Å²) in [7, 11) is -4.59. The molecule has 55 heavy (non-hydrogen) atoms. The van der Waals surface area contributed by atoms with E-state index in [1.54, 1.807) is 0 Å². The van der Waals surface area contributed by atoms with Crippen molar-refractivity contribution in [3.63, 3.8) is 0 Å². The molecule has 326 valence electrons. The zero-order chi connectivity index (χ0) is 40.6. The third-order valence-electron chi connectivity index (χ3n) is 10.4. The molecule has 0 saturated carbocycles. The minimum atomic E-state index is -4.59. The molecule has 13 heteroatoms. The number of rotatable bonds is 37. The molecular formula is C42H80O12S. The highest BCUT2D eigenvalue weighted by molar-refractivity contribution is 7.85. The lowest BCUT2D eigenvalue weighted by Gasteiger charge is -2.40. The van der Waals surface area contributed by atoms with Crippen molar-refractivity contribution in [2.45, 2.75) is 237 Å². The molecule has 1 saturated heterocycles. The lowest BCUT2D eigenvalue weighted by molar-refractivity contribution is -0.297. The molecule has 0 amide bonds. The molecule has 0 aromatic carbocycles. The zero-order valence-corrected chi connectivity index (χ0v) is 35.4. The van der Waals surface area contributed by atoms with Gasteiger partial charge in [-0.15, -0.1) is 0 Å². The summed E-state index contributed by atoms with van der Waals surface area (Å²) in [4.78, 5) is 25.3. The van der Waals surface area contributed by atoms with E-state index >= 15 is 0 Å². The van der Waals surface area contributed by atoms with Gasteiger partial charge >= 0.3 is 11.9 Å². The van der Waals surface area contributed by atoms with Gasteiger partial charge in [0, 0.05) is 12.8 Å². The van der Waals surface area contributed by atoms with Gasteiger partial charge in [0.2, 0.25) is 0 Å². The van der Waals surface area contributed by atoms with Crippen LogP contribution in [0.5, 0.6) is 0 Å². The number of carbonyl (C=O) groups excluding carboxylic acids is 2. The van der Waals surface area contributed by atoms with Gasteiger partial charge in [-0.3, -0.25) is 14.1 Å². The average Bonchev–Trinajstić information content (AvgIpc) is 3.14. The second kappa shape index (κ2) is 33.6. The van der Waals surface area contributed by atoms with Gasteiger partial charge in [0.1, 0.15) is 36.8 Å². The number of carbonyl (C=O) groups is 2. The highest BCUT2D eigenvalue weighted by atomic mass is 32.2. The Morgan fingerprint density at radius 3 is 1.33 bits per heavy atom. The molecule has 2 unspecified atom stereocenters. The molecule has 0 spiro atoms. The molecule has 1 heterocycles. The fourth-order valence-electron chi connectivity index (χ4n) is 6.97. The van der Waals surface area contributed by atoms with Crippen molar-refractivity contribution in [1.82, 2.24) is 0 Å². The van der Waals surface area contributed by atoms with Crippen LogP contribution in [-0.2, 0) is 38.7 Å². The Bertz CT molecular complexity index is 1040. The molecule has 0 radical (unpaired) electrons. The lowest BCUT2D eigenvalue weighted by Crippen LogP contribution is -2.60. The van der Waals surface area contributed by atoms with Crippen molar-refractivity contribution >= 4 is 22.1 Å². The number of unbranched alkanes of at least 4 members (excludes halogenated alkanes) is 25. The Morgan fingerprint density at radius 1 is 0.545 bits per heavy atom. The quantitative estimate of drug-likeness (QED) is 0.0267. The van der Waals surface area contributed by atoms with E-state index in [1.165, 1.54) is 122 Å². The maximum absolute atomic E-state index is 12.7. The highest BCUT2D eigenvalue weighted by Gasteiger charge is 2.46. The van der Waals surface area contributed by atoms with Crippen LogP contribution in [0.4, 0.5) is 0 Å². The van der Waals surface area contributed by atoms with Gasteiger partial charge in [-0.1, -0.05) is 174 Å². The molecule has 0 aromatic heterocycles. The van der Waals surface area contributed by atoms with Crippen molar-refractivity contribution in [2.75, 3.05) is 19.0 Å². The first kappa shape index (κ1) is 51.7. The number of esters is 2. The molecular weight excluding hydrogens is 729 g/mol. The third-order valence-corrected chi connectivity index (χ3v) is 11.2. The monoisotopic (exact) mass is 809 g/mol. The predicted molar refractivity (Wildman–Crippen MR) is 215 cm³/mol. The largest absolute Gasteiger partial charge is 0.462 e. The van der Waals surface area contributed by atoms with Crippen LogP contribution in [0.3, 0.4) is 0 Å². The normalized spacial score (nSPS) is 20.7. The van der Waals surface area contributed by atoms with E-state index in [2.05, 4.69) is 13.8 Å². The standard InChI is InChI=1S/C42H80O12S/c1-3-5-7-9-11-13-14-15-16-17-18-19-20-21-23-24-26-28-30-37(43)51-32-35(53-38(44)31-29-27-25-22-12-10-8-6-4-2)33-52-42-41(47)40(46)39(45)36(54-42)34-55(48,49)50/h35-36,39-42,45-47H,3-34H2,1-2H3,(H,48,49,50)/t35-,36-,39-,40?,41?,42+/m1/s1. The average molecular weight is 809 g/mol. The third kappa shape index (κ3) is 28.7. The Morgan fingerprint density at radius 2 is 0.927 bits per heavy atom. The summed E-state index contributed by atoms with van der Waals surface area (Å²) in [6, 6.07) is 0. The van der Waals surface area contributed by atoms with E-state index in [-0.39, 0.29) is 19.4 Å². The molecule has 1 rings (SSSR count). The fraction of sp³-hybridized carbons (Fsp3) is 0.952. The first-order valence-corrected chi connectivity index (χ1v) is 23.7.